The zero-order valence-corrected chi connectivity index (χ0v) is 31.0. The van der Waals surface area contributed by atoms with Crippen molar-refractivity contribution in [3.05, 3.63) is 94.8 Å². The van der Waals surface area contributed by atoms with Gasteiger partial charge in [0.1, 0.15) is 23.0 Å². The summed E-state index contributed by atoms with van der Waals surface area (Å²) in [6.07, 6.45) is 12.0. The number of amides is 5. The zero-order valence-electron chi connectivity index (χ0n) is 31.0. The van der Waals surface area contributed by atoms with E-state index in [1.54, 1.807) is 21.7 Å². The molecular formula is C41H48F2N8O4. The number of rotatable bonds is 14. The molecule has 0 aliphatic carbocycles. The fourth-order valence-electron chi connectivity index (χ4n) is 8.03. The molecule has 0 radical (unpaired) electrons. The first-order valence-electron chi connectivity index (χ1n) is 19.5. The number of imide groups is 1. The van der Waals surface area contributed by atoms with Gasteiger partial charge in [0.15, 0.2) is 5.65 Å². The van der Waals surface area contributed by atoms with Crippen LogP contribution < -0.4 is 15.5 Å². The summed E-state index contributed by atoms with van der Waals surface area (Å²) < 4.78 is 30.1. The molecule has 7 rings (SSSR count). The van der Waals surface area contributed by atoms with Crippen molar-refractivity contribution in [3.63, 3.8) is 0 Å². The average Bonchev–Trinajstić information content (AvgIpc) is 3.86. The van der Waals surface area contributed by atoms with E-state index in [0.29, 0.717) is 74.0 Å². The number of fused-ring (bicyclic) bond motifs is 1. The Morgan fingerprint density at radius 3 is 2.47 bits per heavy atom. The van der Waals surface area contributed by atoms with Gasteiger partial charge in [0.25, 0.3) is 5.91 Å². The van der Waals surface area contributed by atoms with Gasteiger partial charge in [-0.15, -0.1) is 0 Å². The van der Waals surface area contributed by atoms with Crippen LogP contribution in [0.25, 0.3) is 5.65 Å². The lowest BCUT2D eigenvalue weighted by atomic mass is 9.89. The molecule has 0 unspecified atom stereocenters. The summed E-state index contributed by atoms with van der Waals surface area (Å²) in [4.78, 5) is 59.8. The predicted molar refractivity (Wildman–Crippen MR) is 202 cm³/mol. The molecule has 5 amide bonds. The number of nitrogens with one attached hydrogen (secondary N) is 2. The van der Waals surface area contributed by atoms with E-state index < -0.39 is 11.6 Å². The summed E-state index contributed by atoms with van der Waals surface area (Å²) in [6.45, 7) is 3.56. The molecule has 290 valence electrons. The fraction of sp³-hybridized carbons (Fsp3) is 0.463. The minimum Gasteiger partial charge on any atom is -0.352 e. The molecule has 0 bridgehead atoms. The van der Waals surface area contributed by atoms with Crippen molar-refractivity contribution >= 4 is 35.2 Å². The first-order valence-corrected chi connectivity index (χ1v) is 19.5. The summed E-state index contributed by atoms with van der Waals surface area (Å²) in [6, 6.07) is 12.9. The number of hydrogen-bond donors (Lipinski definition) is 2. The monoisotopic (exact) mass is 754 g/mol. The fourth-order valence-corrected chi connectivity index (χ4v) is 8.03. The Morgan fingerprint density at radius 1 is 0.891 bits per heavy atom. The van der Waals surface area contributed by atoms with Crippen LogP contribution in [0.3, 0.4) is 0 Å². The van der Waals surface area contributed by atoms with Crippen molar-refractivity contribution < 1.29 is 28.0 Å². The summed E-state index contributed by atoms with van der Waals surface area (Å²) in [7, 11) is 0. The van der Waals surface area contributed by atoms with E-state index in [1.165, 1.54) is 17.8 Å². The number of halogens is 2. The van der Waals surface area contributed by atoms with Crippen molar-refractivity contribution in [2.24, 2.45) is 0 Å². The number of anilines is 1. The molecule has 1 atom stereocenters. The van der Waals surface area contributed by atoms with Gasteiger partial charge >= 0.3 is 6.03 Å². The molecule has 3 aliphatic heterocycles. The number of nitrogens with zero attached hydrogens (tertiary/aromatic N) is 6. The minimum absolute atomic E-state index is 0.214. The highest BCUT2D eigenvalue weighted by atomic mass is 19.1. The number of likely N-dealkylation sites (tertiary alicyclic amines) is 1. The highest BCUT2D eigenvalue weighted by Crippen LogP contribution is 2.37. The molecule has 2 aromatic carbocycles. The van der Waals surface area contributed by atoms with E-state index in [1.807, 2.05) is 21.9 Å². The predicted octanol–water partition coefficient (Wildman–Crippen LogP) is 6.27. The highest BCUT2D eigenvalue weighted by molar-refractivity contribution is 5.99. The Kier molecular flexibility index (Phi) is 12.0. The molecule has 2 N–H and O–H groups in total. The molecular weight excluding hydrogens is 706 g/mol. The van der Waals surface area contributed by atoms with Gasteiger partial charge in [-0.1, -0.05) is 43.5 Å². The Morgan fingerprint density at radius 2 is 1.67 bits per heavy atom. The zero-order chi connectivity index (χ0) is 38.3. The van der Waals surface area contributed by atoms with E-state index in [4.69, 9.17) is 4.98 Å². The number of aromatic nitrogens is 3. The Balaban J connectivity index is 0.783. The van der Waals surface area contributed by atoms with Gasteiger partial charge in [-0.2, -0.15) is 5.10 Å². The Hall–Kier alpha value is -5.40. The first-order chi connectivity index (χ1) is 26.7. The van der Waals surface area contributed by atoms with Crippen molar-refractivity contribution in [1.82, 2.24) is 35.0 Å². The van der Waals surface area contributed by atoms with Crippen molar-refractivity contribution in [1.29, 1.82) is 0 Å². The average molecular weight is 755 g/mol. The molecule has 14 heteroatoms. The van der Waals surface area contributed by atoms with Gasteiger partial charge < -0.3 is 20.0 Å². The van der Waals surface area contributed by atoms with Gasteiger partial charge in [-0.05, 0) is 79.8 Å². The standard InChI is InChI=1S/C41H48F2N8O4/c42-31-13-14-34(43)32(25-31)35-7-6-20-50(35)36-17-24-51-39(46-36)33(26-45-51)40(54)44-19-5-3-1-2-4-8-38(53)48-21-15-30(16-22-48)29-11-9-28(10-12-29)27-49-23-18-37(52)47-41(49)55/h9-14,17,24-26,30,35H,1-8,15-16,18-23,27H2,(H,44,54)(H,47,52,55)/t35-/m1/s1. The van der Waals surface area contributed by atoms with Gasteiger partial charge in [0.2, 0.25) is 11.8 Å². The molecule has 3 aliphatic rings. The van der Waals surface area contributed by atoms with Crippen molar-refractivity contribution in [3.8, 4) is 0 Å². The SMILES string of the molecule is O=C1CCN(Cc2ccc(C3CCN(C(=O)CCCCCCCNC(=O)c4cnn5ccc(N6CCC[C@@H]6c6cc(F)ccc6F)nc45)CC3)cc2)C(=O)N1. The number of unbranched alkanes of at least 4 members (excludes halogenated alkanes) is 4. The molecule has 12 nitrogen and oxygen atoms in total. The third-order valence-corrected chi connectivity index (χ3v) is 11.1. The van der Waals surface area contributed by atoms with Gasteiger partial charge in [0.05, 0.1) is 12.2 Å². The summed E-state index contributed by atoms with van der Waals surface area (Å²) >= 11 is 0. The second-order valence-corrected chi connectivity index (χ2v) is 14.8. The normalized spacial score (nSPS) is 17.9. The smallest absolute Gasteiger partial charge is 0.324 e. The van der Waals surface area contributed by atoms with Crippen LogP contribution in [0.4, 0.5) is 19.4 Å². The lowest BCUT2D eigenvalue weighted by Crippen LogP contribution is -2.48. The first kappa shape index (κ1) is 37.9. The molecule has 0 saturated carbocycles. The summed E-state index contributed by atoms with van der Waals surface area (Å²) in [5, 5.41) is 9.63. The van der Waals surface area contributed by atoms with Crippen LogP contribution in [0.2, 0.25) is 0 Å². The maximum absolute atomic E-state index is 14.6. The molecule has 4 aromatic rings. The van der Waals surface area contributed by atoms with Crippen LogP contribution in [0.15, 0.2) is 60.9 Å². The number of hydrogen-bond acceptors (Lipinski definition) is 7. The summed E-state index contributed by atoms with van der Waals surface area (Å²) in [5.74, 6) is -0.219. The van der Waals surface area contributed by atoms with Gasteiger partial charge in [-0.25, -0.2) is 23.1 Å². The highest BCUT2D eigenvalue weighted by Gasteiger charge is 2.30. The number of urea groups is 1. The van der Waals surface area contributed by atoms with Gasteiger partial charge in [-0.3, -0.25) is 19.7 Å². The largest absolute Gasteiger partial charge is 0.352 e. The number of benzene rings is 2. The lowest BCUT2D eigenvalue weighted by Gasteiger charge is -2.32. The van der Waals surface area contributed by atoms with Crippen molar-refractivity contribution in [2.45, 2.75) is 89.1 Å². The molecule has 5 heterocycles. The van der Waals surface area contributed by atoms with Crippen molar-refractivity contribution in [2.75, 3.05) is 37.6 Å². The Labute approximate surface area is 319 Å². The summed E-state index contributed by atoms with van der Waals surface area (Å²) in [5.41, 5.74) is 3.35. The van der Waals surface area contributed by atoms with Crippen LogP contribution in [-0.4, -0.2) is 80.9 Å². The molecule has 3 saturated heterocycles. The molecule has 0 spiro atoms. The maximum atomic E-state index is 14.6. The number of piperidine rings is 1. The number of carbonyl (C=O) groups is 4. The molecule has 2 aromatic heterocycles. The molecule has 3 fully saturated rings. The topological polar surface area (TPSA) is 132 Å². The third kappa shape index (κ3) is 9.12. The van der Waals surface area contributed by atoms with Gasteiger partial charge in [0, 0.05) is 63.9 Å². The lowest BCUT2D eigenvalue weighted by molar-refractivity contribution is -0.132. The number of carbonyl (C=O) groups excluding carboxylic acids is 4. The third-order valence-electron chi connectivity index (χ3n) is 11.1. The minimum atomic E-state index is -0.481. The van der Waals surface area contributed by atoms with Crippen LogP contribution in [0.5, 0.6) is 0 Å². The van der Waals surface area contributed by atoms with E-state index in [9.17, 15) is 28.0 Å². The quantitative estimate of drug-likeness (QED) is 0.145. The molecule has 55 heavy (non-hydrogen) atoms. The van der Waals surface area contributed by atoms with E-state index >= 15 is 0 Å². The van der Waals surface area contributed by atoms with Crippen LogP contribution >= 0.6 is 0 Å². The van der Waals surface area contributed by atoms with E-state index in [0.717, 1.165) is 82.2 Å². The van der Waals surface area contributed by atoms with Crippen LogP contribution in [0.1, 0.15) is 110 Å². The van der Waals surface area contributed by atoms with Crippen LogP contribution in [0, 0.1) is 11.6 Å². The second-order valence-electron chi connectivity index (χ2n) is 14.8. The second kappa shape index (κ2) is 17.4. The Bertz CT molecular complexity index is 2010. The van der Waals surface area contributed by atoms with E-state index in [2.05, 4.69) is 27.9 Å². The van der Waals surface area contributed by atoms with Crippen LogP contribution in [-0.2, 0) is 16.1 Å². The van der Waals surface area contributed by atoms with E-state index in [-0.39, 0.29) is 29.8 Å². The maximum Gasteiger partial charge on any atom is 0.324 e.